The standard InChI is InChI=1S/C21H19F3N4O3S/c1-12(13-7-9-14(31-2)10-8-13)27-28-20-26-19(30)17(32-20)11-18(29)25-16-6-4-3-5-15(16)21(22,23)24/h3-10,17H,11H2,1-2H3,(H,25,29)(H,26,28,30)/b27-12-. The Balaban J connectivity index is 1.63. The van der Waals surface area contributed by atoms with Crippen molar-refractivity contribution in [3.63, 3.8) is 0 Å². The zero-order valence-corrected chi connectivity index (χ0v) is 17.9. The monoisotopic (exact) mass is 464 g/mol. The minimum Gasteiger partial charge on any atom is -0.497 e. The number of halogens is 3. The summed E-state index contributed by atoms with van der Waals surface area (Å²) in [5.74, 6) is -0.482. The average Bonchev–Trinajstić information content (AvgIpc) is 3.10. The lowest BCUT2D eigenvalue weighted by molar-refractivity contribution is -0.137. The van der Waals surface area contributed by atoms with E-state index in [2.05, 4.69) is 20.8 Å². The van der Waals surface area contributed by atoms with Crippen molar-refractivity contribution in [2.24, 2.45) is 10.2 Å². The van der Waals surface area contributed by atoms with Crippen molar-refractivity contribution in [1.82, 2.24) is 5.32 Å². The smallest absolute Gasteiger partial charge is 0.418 e. The van der Waals surface area contributed by atoms with Crippen LogP contribution in [0.3, 0.4) is 0 Å². The van der Waals surface area contributed by atoms with Crippen LogP contribution in [0.2, 0.25) is 0 Å². The summed E-state index contributed by atoms with van der Waals surface area (Å²) in [6.07, 6.45) is -4.92. The number of carbonyl (C=O) groups is 2. The van der Waals surface area contributed by atoms with Crippen molar-refractivity contribution >= 4 is 40.1 Å². The van der Waals surface area contributed by atoms with E-state index in [1.807, 2.05) is 12.1 Å². The van der Waals surface area contributed by atoms with E-state index in [-0.39, 0.29) is 17.3 Å². The first-order chi connectivity index (χ1) is 15.2. The SMILES string of the molecule is COc1ccc(/C(C)=N\N=C2/NC(=O)C(CC(=O)Nc3ccccc3C(F)(F)F)S2)cc1. The van der Waals surface area contributed by atoms with E-state index in [1.54, 1.807) is 26.2 Å². The number of ether oxygens (including phenoxy) is 1. The fraction of sp³-hybridized carbons (Fsp3) is 0.238. The van der Waals surface area contributed by atoms with Crippen LogP contribution in [0.1, 0.15) is 24.5 Å². The van der Waals surface area contributed by atoms with Crippen LogP contribution in [-0.4, -0.2) is 35.1 Å². The largest absolute Gasteiger partial charge is 0.497 e. The first kappa shape index (κ1) is 23.3. The van der Waals surface area contributed by atoms with Crippen molar-refractivity contribution in [2.45, 2.75) is 24.8 Å². The number of amidine groups is 1. The van der Waals surface area contributed by atoms with E-state index < -0.39 is 28.8 Å². The predicted molar refractivity (Wildman–Crippen MR) is 117 cm³/mol. The Kier molecular flexibility index (Phi) is 7.18. The lowest BCUT2D eigenvalue weighted by Crippen LogP contribution is -2.28. The first-order valence-electron chi connectivity index (χ1n) is 9.37. The summed E-state index contributed by atoms with van der Waals surface area (Å²) in [5.41, 5.74) is 0.0909. The van der Waals surface area contributed by atoms with E-state index in [9.17, 15) is 22.8 Å². The number of thioether (sulfide) groups is 1. The van der Waals surface area contributed by atoms with Crippen LogP contribution in [0.15, 0.2) is 58.7 Å². The maximum absolute atomic E-state index is 13.1. The van der Waals surface area contributed by atoms with Gasteiger partial charge in [0, 0.05) is 6.42 Å². The summed E-state index contributed by atoms with van der Waals surface area (Å²) in [4.78, 5) is 24.4. The number of nitrogens with one attached hydrogen (secondary N) is 2. The molecule has 0 bridgehead atoms. The Bertz CT molecular complexity index is 1070. The molecule has 7 nitrogen and oxygen atoms in total. The number of alkyl halides is 3. The fourth-order valence-electron chi connectivity index (χ4n) is 2.81. The molecule has 1 aliphatic heterocycles. The lowest BCUT2D eigenvalue weighted by atomic mass is 10.1. The topological polar surface area (TPSA) is 92.2 Å². The molecule has 1 aliphatic rings. The van der Waals surface area contributed by atoms with Gasteiger partial charge in [-0.05, 0) is 48.9 Å². The van der Waals surface area contributed by atoms with E-state index in [0.29, 0.717) is 11.5 Å². The second-order valence-electron chi connectivity index (χ2n) is 6.71. The second-order valence-corrected chi connectivity index (χ2v) is 7.90. The molecule has 1 unspecified atom stereocenters. The molecule has 0 aromatic heterocycles. The fourth-order valence-corrected chi connectivity index (χ4v) is 3.72. The van der Waals surface area contributed by atoms with E-state index in [4.69, 9.17) is 4.74 Å². The highest BCUT2D eigenvalue weighted by molar-refractivity contribution is 8.15. The predicted octanol–water partition coefficient (Wildman–Crippen LogP) is 4.05. The Morgan fingerprint density at radius 3 is 2.53 bits per heavy atom. The number of rotatable bonds is 6. The molecule has 0 spiro atoms. The molecule has 0 saturated carbocycles. The number of hydrogen-bond acceptors (Lipinski definition) is 6. The highest BCUT2D eigenvalue weighted by Crippen LogP contribution is 2.34. The molecule has 0 aliphatic carbocycles. The summed E-state index contributed by atoms with van der Waals surface area (Å²) in [6.45, 7) is 1.75. The van der Waals surface area contributed by atoms with Gasteiger partial charge in [-0.1, -0.05) is 23.9 Å². The van der Waals surface area contributed by atoms with Crippen LogP contribution in [0.5, 0.6) is 5.75 Å². The Morgan fingerprint density at radius 2 is 1.88 bits per heavy atom. The molecular weight excluding hydrogens is 445 g/mol. The zero-order valence-electron chi connectivity index (χ0n) is 17.1. The van der Waals surface area contributed by atoms with Crippen LogP contribution in [0.4, 0.5) is 18.9 Å². The summed E-state index contributed by atoms with van der Waals surface area (Å²) in [7, 11) is 1.56. The number of para-hydroxylation sites is 1. The number of nitrogens with zero attached hydrogens (tertiary/aromatic N) is 2. The highest BCUT2D eigenvalue weighted by atomic mass is 32.2. The van der Waals surface area contributed by atoms with Gasteiger partial charge < -0.3 is 15.4 Å². The van der Waals surface area contributed by atoms with Gasteiger partial charge >= 0.3 is 6.18 Å². The van der Waals surface area contributed by atoms with Gasteiger partial charge in [0.2, 0.25) is 11.8 Å². The maximum Gasteiger partial charge on any atom is 0.418 e. The molecule has 1 saturated heterocycles. The molecule has 2 N–H and O–H groups in total. The summed E-state index contributed by atoms with van der Waals surface area (Å²) in [6, 6.07) is 11.8. The highest BCUT2D eigenvalue weighted by Gasteiger charge is 2.35. The van der Waals surface area contributed by atoms with Crippen LogP contribution >= 0.6 is 11.8 Å². The molecule has 3 rings (SSSR count). The number of anilines is 1. The first-order valence-corrected chi connectivity index (χ1v) is 10.3. The number of amides is 2. The number of methoxy groups -OCH3 is 1. The quantitative estimate of drug-likeness (QED) is 0.498. The molecule has 11 heteroatoms. The third-order valence-corrected chi connectivity index (χ3v) is 5.52. The third kappa shape index (κ3) is 5.88. The minimum absolute atomic E-state index is 0.205. The number of hydrogen-bond donors (Lipinski definition) is 2. The van der Waals surface area contributed by atoms with Crippen molar-refractivity contribution in [3.05, 3.63) is 59.7 Å². The maximum atomic E-state index is 13.1. The van der Waals surface area contributed by atoms with E-state index in [0.717, 1.165) is 29.5 Å². The number of benzene rings is 2. The van der Waals surface area contributed by atoms with Gasteiger partial charge in [0.15, 0.2) is 5.17 Å². The van der Waals surface area contributed by atoms with E-state index >= 15 is 0 Å². The normalized spacial score (nSPS) is 17.9. The van der Waals surface area contributed by atoms with Crippen molar-refractivity contribution < 1.29 is 27.5 Å². The molecule has 2 aromatic carbocycles. The van der Waals surface area contributed by atoms with Gasteiger partial charge in [0.05, 0.1) is 24.1 Å². The Morgan fingerprint density at radius 1 is 1.19 bits per heavy atom. The average molecular weight is 464 g/mol. The van der Waals surface area contributed by atoms with E-state index in [1.165, 1.54) is 12.1 Å². The molecule has 2 amide bonds. The van der Waals surface area contributed by atoms with Gasteiger partial charge in [-0.3, -0.25) is 9.59 Å². The van der Waals surface area contributed by atoms with Crippen molar-refractivity contribution in [1.29, 1.82) is 0 Å². The van der Waals surface area contributed by atoms with Crippen LogP contribution in [-0.2, 0) is 15.8 Å². The van der Waals surface area contributed by atoms with Crippen LogP contribution in [0, 0.1) is 0 Å². The van der Waals surface area contributed by atoms with Gasteiger partial charge in [-0.25, -0.2) is 0 Å². The van der Waals surface area contributed by atoms with Gasteiger partial charge in [-0.2, -0.15) is 18.3 Å². The third-order valence-electron chi connectivity index (χ3n) is 4.45. The molecule has 1 atom stereocenters. The molecule has 0 radical (unpaired) electrons. The van der Waals surface area contributed by atoms with Crippen molar-refractivity contribution in [3.8, 4) is 5.75 Å². The summed E-state index contributed by atoms with van der Waals surface area (Å²) < 4.78 is 44.3. The van der Waals surface area contributed by atoms with Crippen LogP contribution in [0.25, 0.3) is 0 Å². The van der Waals surface area contributed by atoms with Crippen LogP contribution < -0.4 is 15.4 Å². The molecule has 2 aromatic rings. The van der Waals surface area contributed by atoms with Gasteiger partial charge in [-0.15, -0.1) is 5.10 Å². The van der Waals surface area contributed by atoms with Gasteiger partial charge in [0.1, 0.15) is 11.0 Å². The molecule has 1 heterocycles. The van der Waals surface area contributed by atoms with Gasteiger partial charge in [0.25, 0.3) is 0 Å². The summed E-state index contributed by atoms with van der Waals surface area (Å²) in [5, 5.41) is 12.2. The molecule has 32 heavy (non-hydrogen) atoms. The Labute approximate surface area is 186 Å². The second kappa shape index (κ2) is 9.86. The Hall–Kier alpha value is -3.34. The molecule has 1 fully saturated rings. The number of carbonyl (C=O) groups excluding carboxylic acids is 2. The minimum atomic E-state index is -4.61. The van der Waals surface area contributed by atoms with Crippen molar-refractivity contribution in [2.75, 3.05) is 12.4 Å². The molecule has 168 valence electrons. The lowest BCUT2D eigenvalue weighted by Gasteiger charge is -2.14. The molecular formula is C21H19F3N4O3S. The zero-order chi connectivity index (χ0) is 23.3. The summed E-state index contributed by atoms with van der Waals surface area (Å²) >= 11 is 0.990.